The van der Waals surface area contributed by atoms with Crippen LogP contribution in [0.4, 0.5) is 4.39 Å². The van der Waals surface area contributed by atoms with Crippen LogP contribution >= 0.6 is 27.3 Å². The Morgan fingerprint density at radius 3 is 2.89 bits per heavy atom. The molecule has 0 amide bonds. The van der Waals surface area contributed by atoms with Crippen molar-refractivity contribution in [2.75, 3.05) is 7.11 Å². The predicted octanol–water partition coefficient (Wildman–Crippen LogP) is 4.51. The van der Waals surface area contributed by atoms with Crippen LogP contribution in [-0.4, -0.2) is 7.11 Å². The third-order valence-electron chi connectivity index (χ3n) is 2.87. The fourth-order valence-corrected chi connectivity index (χ4v) is 3.32. The lowest BCUT2D eigenvalue weighted by molar-refractivity contribution is 0.393. The van der Waals surface area contributed by atoms with Crippen LogP contribution in [0.3, 0.4) is 0 Å². The van der Waals surface area contributed by atoms with Gasteiger partial charge in [-0.25, -0.2) is 4.39 Å². The molecule has 102 valence electrons. The molecule has 0 aliphatic heterocycles. The average molecular weight is 344 g/mol. The average Bonchev–Trinajstić information content (AvgIpc) is 2.81. The molecule has 19 heavy (non-hydrogen) atoms. The predicted molar refractivity (Wildman–Crippen MR) is 80.2 cm³/mol. The lowest BCUT2D eigenvalue weighted by atomic mass is 10.1. The molecule has 0 fully saturated rings. The maximum absolute atomic E-state index is 13.9. The van der Waals surface area contributed by atoms with Crippen molar-refractivity contribution in [2.24, 2.45) is 0 Å². The van der Waals surface area contributed by atoms with E-state index in [0.29, 0.717) is 17.9 Å². The maximum atomic E-state index is 13.9. The third kappa shape index (κ3) is 3.55. The SMILES string of the molecule is COc1cccc(F)c1C(C)NCc1cc(Br)cs1. The van der Waals surface area contributed by atoms with E-state index < -0.39 is 0 Å². The summed E-state index contributed by atoms with van der Waals surface area (Å²) in [5.41, 5.74) is 0.570. The Balaban J connectivity index is 2.09. The number of rotatable bonds is 5. The number of methoxy groups -OCH3 is 1. The van der Waals surface area contributed by atoms with E-state index in [4.69, 9.17) is 4.74 Å². The molecule has 2 nitrogen and oxygen atoms in total. The Kier molecular flexibility index (Phi) is 4.96. The molecule has 0 radical (unpaired) electrons. The summed E-state index contributed by atoms with van der Waals surface area (Å²) in [4.78, 5) is 1.20. The lowest BCUT2D eigenvalue weighted by Gasteiger charge is -2.17. The fourth-order valence-electron chi connectivity index (χ4n) is 1.92. The van der Waals surface area contributed by atoms with Gasteiger partial charge in [-0.1, -0.05) is 6.07 Å². The van der Waals surface area contributed by atoms with Crippen molar-refractivity contribution in [3.63, 3.8) is 0 Å². The van der Waals surface area contributed by atoms with E-state index in [1.807, 2.05) is 12.3 Å². The number of hydrogen-bond acceptors (Lipinski definition) is 3. The molecular formula is C14H15BrFNOS. The van der Waals surface area contributed by atoms with Gasteiger partial charge >= 0.3 is 0 Å². The highest BCUT2D eigenvalue weighted by Gasteiger charge is 2.16. The number of halogens is 2. The summed E-state index contributed by atoms with van der Waals surface area (Å²) in [5.74, 6) is 0.332. The summed E-state index contributed by atoms with van der Waals surface area (Å²) >= 11 is 5.09. The Bertz CT molecular complexity index is 558. The molecule has 2 aromatic rings. The van der Waals surface area contributed by atoms with E-state index in [0.717, 1.165) is 4.47 Å². The van der Waals surface area contributed by atoms with Crippen LogP contribution < -0.4 is 10.1 Å². The Morgan fingerprint density at radius 1 is 1.47 bits per heavy atom. The second-order valence-electron chi connectivity index (χ2n) is 4.19. The van der Waals surface area contributed by atoms with Crippen molar-refractivity contribution in [3.05, 3.63) is 50.4 Å². The van der Waals surface area contributed by atoms with E-state index in [9.17, 15) is 4.39 Å². The van der Waals surface area contributed by atoms with Crippen molar-refractivity contribution < 1.29 is 9.13 Å². The first-order valence-electron chi connectivity index (χ1n) is 5.90. The largest absolute Gasteiger partial charge is 0.496 e. The standard InChI is InChI=1S/C14H15BrFNOS/c1-9(17-7-11-6-10(15)8-19-11)14-12(16)4-3-5-13(14)18-2/h3-6,8-9,17H,7H2,1-2H3. The molecule has 0 bridgehead atoms. The first-order valence-corrected chi connectivity index (χ1v) is 7.57. The van der Waals surface area contributed by atoms with Crippen molar-refractivity contribution in [3.8, 4) is 5.75 Å². The van der Waals surface area contributed by atoms with Crippen molar-refractivity contribution in [1.82, 2.24) is 5.32 Å². The van der Waals surface area contributed by atoms with E-state index in [1.165, 1.54) is 10.9 Å². The topological polar surface area (TPSA) is 21.3 Å². The third-order valence-corrected chi connectivity index (χ3v) is 4.57. The van der Waals surface area contributed by atoms with E-state index >= 15 is 0 Å². The summed E-state index contributed by atoms with van der Waals surface area (Å²) in [7, 11) is 1.56. The zero-order valence-corrected chi connectivity index (χ0v) is 13.1. The van der Waals surface area contributed by atoms with Crippen LogP contribution in [0, 0.1) is 5.82 Å². The van der Waals surface area contributed by atoms with E-state index in [1.54, 1.807) is 30.6 Å². The van der Waals surface area contributed by atoms with Crippen LogP contribution in [0.25, 0.3) is 0 Å². The zero-order valence-electron chi connectivity index (χ0n) is 10.7. The minimum absolute atomic E-state index is 0.114. The summed E-state index contributed by atoms with van der Waals surface area (Å²) in [6.07, 6.45) is 0. The van der Waals surface area contributed by atoms with Crippen LogP contribution in [0.15, 0.2) is 34.1 Å². The van der Waals surface area contributed by atoms with Gasteiger partial charge in [0.15, 0.2) is 0 Å². The van der Waals surface area contributed by atoms with Crippen LogP contribution in [0.2, 0.25) is 0 Å². The normalized spacial score (nSPS) is 12.4. The molecule has 2 rings (SSSR count). The molecule has 0 aliphatic carbocycles. The lowest BCUT2D eigenvalue weighted by Crippen LogP contribution is -2.19. The molecule has 0 saturated heterocycles. The number of nitrogens with one attached hydrogen (secondary N) is 1. The quantitative estimate of drug-likeness (QED) is 0.862. The number of ether oxygens (including phenoxy) is 1. The molecule has 0 saturated carbocycles. The van der Waals surface area contributed by atoms with E-state index in [-0.39, 0.29) is 11.9 Å². The van der Waals surface area contributed by atoms with Gasteiger partial charge in [0.05, 0.1) is 7.11 Å². The molecular weight excluding hydrogens is 329 g/mol. The number of thiophene rings is 1. The highest BCUT2D eigenvalue weighted by atomic mass is 79.9. The van der Waals surface area contributed by atoms with Gasteiger partial charge in [-0.3, -0.25) is 0 Å². The monoisotopic (exact) mass is 343 g/mol. The Hall–Kier alpha value is -0.910. The summed E-state index contributed by atoms with van der Waals surface area (Å²) in [5, 5.41) is 5.35. The van der Waals surface area contributed by atoms with Gasteiger partial charge in [-0.15, -0.1) is 11.3 Å². The molecule has 5 heteroatoms. The maximum Gasteiger partial charge on any atom is 0.131 e. The minimum atomic E-state index is -0.244. The van der Waals surface area contributed by atoms with E-state index in [2.05, 4.69) is 27.3 Å². The summed E-state index contributed by atoms with van der Waals surface area (Å²) < 4.78 is 20.2. The minimum Gasteiger partial charge on any atom is -0.496 e. The van der Waals surface area contributed by atoms with Crippen molar-refractivity contribution >= 4 is 27.3 Å². The Morgan fingerprint density at radius 2 is 2.26 bits per heavy atom. The second-order valence-corrected chi connectivity index (χ2v) is 6.10. The number of hydrogen-bond donors (Lipinski definition) is 1. The van der Waals surface area contributed by atoms with Gasteiger partial charge in [0, 0.05) is 32.9 Å². The van der Waals surface area contributed by atoms with Gasteiger partial charge < -0.3 is 10.1 Å². The molecule has 1 N–H and O–H groups in total. The fraction of sp³-hybridized carbons (Fsp3) is 0.286. The van der Waals surface area contributed by atoms with Gasteiger partial charge in [0.25, 0.3) is 0 Å². The van der Waals surface area contributed by atoms with Gasteiger partial charge in [-0.2, -0.15) is 0 Å². The Labute approximate surface area is 124 Å². The van der Waals surface area contributed by atoms with Crippen LogP contribution in [-0.2, 0) is 6.54 Å². The van der Waals surface area contributed by atoms with Gasteiger partial charge in [0.2, 0.25) is 0 Å². The van der Waals surface area contributed by atoms with Crippen molar-refractivity contribution in [2.45, 2.75) is 19.5 Å². The van der Waals surface area contributed by atoms with Crippen LogP contribution in [0.1, 0.15) is 23.4 Å². The summed E-state index contributed by atoms with van der Waals surface area (Å²) in [6, 6.07) is 6.83. The highest BCUT2D eigenvalue weighted by Crippen LogP contribution is 2.28. The first kappa shape index (κ1) is 14.5. The van der Waals surface area contributed by atoms with Crippen LogP contribution in [0.5, 0.6) is 5.75 Å². The molecule has 1 heterocycles. The number of benzene rings is 1. The summed E-state index contributed by atoms with van der Waals surface area (Å²) in [6.45, 7) is 2.64. The molecule has 1 unspecified atom stereocenters. The molecule has 1 atom stereocenters. The smallest absolute Gasteiger partial charge is 0.131 e. The van der Waals surface area contributed by atoms with Gasteiger partial charge in [-0.05, 0) is 41.1 Å². The van der Waals surface area contributed by atoms with Crippen molar-refractivity contribution in [1.29, 1.82) is 0 Å². The molecule has 1 aromatic heterocycles. The highest BCUT2D eigenvalue weighted by molar-refractivity contribution is 9.10. The molecule has 0 aliphatic rings. The zero-order chi connectivity index (χ0) is 13.8. The first-order chi connectivity index (χ1) is 9.11. The second kappa shape index (κ2) is 6.50. The van der Waals surface area contributed by atoms with Gasteiger partial charge in [0.1, 0.15) is 11.6 Å². The molecule has 0 spiro atoms. The molecule has 1 aromatic carbocycles.